The minimum atomic E-state index is -0.429. The number of nitrogens with one attached hydrogen (secondary N) is 2. The van der Waals surface area contributed by atoms with Gasteiger partial charge in [-0.25, -0.2) is 5.43 Å². The summed E-state index contributed by atoms with van der Waals surface area (Å²) in [6.07, 6.45) is 1.46. The molecule has 1 amide bonds. The van der Waals surface area contributed by atoms with E-state index in [1.807, 2.05) is 43.3 Å². The topological polar surface area (TPSA) is 109 Å². The maximum atomic E-state index is 12.4. The Morgan fingerprint density at radius 3 is 2.57 bits per heavy atom. The number of H-pyrrole nitrogens is 1. The van der Waals surface area contributed by atoms with Crippen molar-refractivity contribution in [3.8, 4) is 28.5 Å². The standard InChI is InChI=1S/C27H26N4O4/c1-3-34-26-14-20(8-13-25(26)32)16-28-31-27(33)24-15-23(29-30-24)21-9-11-22(12-10-21)35-17-19-6-4-18(2)5-7-19/h4-16,32H,3,17H2,1-2H3,(H,29,30)(H,31,33). The number of ether oxygens (including phenoxy) is 2. The summed E-state index contributed by atoms with van der Waals surface area (Å²) in [4.78, 5) is 12.4. The van der Waals surface area contributed by atoms with Crippen molar-refractivity contribution < 1.29 is 19.4 Å². The van der Waals surface area contributed by atoms with Crippen molar-refractivity contribution in [3.63, 3.8) is 0 Å². The third-order valence-electron chi connectivity index (χ3n) is 5.16. The number of aromatic hydroxyl groups is 1. The van der Waals surface area contributed by atoms with Crippen LogP contribution in [0.25, 0.3) is 11.3 Å². The molecule has 3 aromatic carbocycles. The lowest BCUT2D eigenvalue weighted by atomic mass is 10.1. The first-order valence-electron chi connectivity index (χ1n) is 11.1. The number of nitrogens with zero attached hydrogens (tertiary/aromatic N) is 2. The fourth-order valence-electron chi connectivity index (χ4n) is 3.27. The van der Waals surface area contributed by atoms with E-state index < -0.39 is 5.91 Å². The van der Waals surface area contributed by atoms with Gasteiger partial charge in [-0.05, 0) is 73.5 Å². The van der Waals surface area contributed by atoms with Crippen LogP contribution >= 0.6 is 0 Å². The van der Waals surface area contributed by atoms with Crippen molar-refractivity contribution in [2.75, 3.05) is 6.61 Å². The fourth-order valence-corrected chi connectivity index (χ4v) is 3.27. The van der Waals surface area contributed by atoms with Crippen molar-refractivity contribution in [2.45, 2.75) is 20.5 Å². The number of carbonyl (C=O) groups excluding carboxylic acids is 1. The number of hydrogen-bond donors (Lipinski definition) is 3. The molecule has 0 aliphatic carbocycles. The van der Waals surface area contributed by atoms with Crippen molar-refractivity contribution in [1.82, 2.24) is 15.6 Å². The number of aromatic nitrogens is 2. The third kappa shape index (κ3) is 6.26. The Bertz CT molecular complexity index is 1310. The zero-order valence-corrected chi connectivity index (χ0v) is 19.5. The van der Waals surface area contributed by atoms with Crippen LogP contribution in [0, 0.1) is 6.92 Å². The Morgan fingerprint density at radius 1 is 1.06 bits per heavy atom. The number of phenols is 1. The number of amides is 1. The van der Waals surface area contributed by atoms with Crippen LogP contribution in [0.3, 0.4) is 0 Å². The maximum Gasteiger partial charge on any atom is 0.289 e. The first-order valence-corrected chi connectivity index (χ1v) is 11.1. The van der Waals surface area contributed by atoms with Crippen LogP contribution in [-0.2, 0) is 6.61 Å². The van der Waals surface area contributed by atoms with Crippen LogP contribution in [0.1, 0.15) is 34.1 Å². The van der Waals surface area contributed by atoms with E-state index in [0.717, 1.165) is 16.9 Å². The number of phenolic OH excluding ortho intramolecular Hbond substituents is 1. The number of benzene rings is 3. The van der Waals surface area contributed by atoms with E-state index in [-0.39, 0.29) is 11.4 Å². The number of rotatable bonds is 9. The van der Waals surface area contributed by atoms with Gasteiger partial charge in [0.05, 0.1) is 18.5 Å². The first-order chi connectivity index (χ1) is 17.0. The Kier molecular flexibility index (Phi) is 7.42. The third-order valence-corrected chi connectivity index (χ3v) is 5.16. The predicted molar refractivity (Wildman–Crippen MR) is 134 cm³/mol. The SMILES string of the molecule is CCOc1cc(C=NNC(=O)c2cc(-c3ccc(OCc4ccc(C)cc4)cc3)n[nH]2)ccc1O. The monoisotopic (exact) mass is 470 g/mol. The molecule has 1 heterocycles. The van der Waals surface area contributed by atoms with Crippen molar-refractivity contribution in [1.29, 1.82) is 0 Å². The molecule has 0 fully saturated rings. The quantitative estimate of drug-likeness (QED) is 0.240. The minimum Gasteiger partial charge on any atom is -0.504 e. The lowest BCUT2D eigenvalue weighted by molar-refractivity contribution is 0.0950. The Labute approximate surface area is 203 Å². The second kappa shape index (κ2) is 11.0. The highest BCUT2D eigenvalue weighted by atomic mass is 16.5. The van der Waals surface area contributed by atoms with E-state index >= 15 is 0 Å². The van der Waals surface area contributed by atoms with Crippen LogP contribution in [0.2, 0.25) is 0 Å². The van der Waals surface area contributed by atoms with E-state index in [1.54, 1.807) is 18.2 Å². The van der Waals surface area contributed by atoms with Crippen LogP contribution in [0.5, 0.6) is 17.2 Å². The molecule has 0 saturated heterocycles. The Morgan fingerprint density at radius 2 is 1.83 bits per heavy atom. The van der Waals surface area contributed by atoms with E-state index in [2.05, 4.69) is 39.8 Å². The molecule has 0 spiro atoms. The summed E-state index contributed by atoms with van der Waals surface area (Å²) in [5, 5.41) is 20.7. The number of aryl methyl sites for hydroxylation is 1. The van der Waals surface area contributed by atoms with Crippen LogP contribution in [0.4, 0.5) is 0 Å². The number of aromatic amines is 1. The second-order valence-electron chi connectivity index (χ2n) is 7.82. The van der Waals surface area contributed by atoms with E-state index in [9.17, 15) is 9.90 Å². The summed E-state index contributed by atoms with van der Waals surface area (Å²) in [5.41, 5.74) is 7.19. The van der Waals surface area contributed by atoms with Crippen LogP contribution in [0.15, 0.2) is 77.9 Å². The van der Waals surface area contributed by atoms with E-state index in [0.29, 0.717) is 30.2 Å². The number of carbonyl (C=O) groups is 1. The average molecular weight is 471 g/mol. The smallest absolute Gasteiger partial charge is 0.289 e. The molecule has 35 heavy (non-hydrogen) atoms. The Balaban J connectivity index is 1.33. The zero-order valence-electron chi connectivity index (χ0n) is 19.5. The van der Waals surface area contributed by atoms with Gasteiger partial charge in [-0.1, -0.05) is 29.8 Å². The molecule has 1 aromatic heterocycles. The van der Waals surface area contributed by atoms with Gasteiger partial charge in [0.15, 0.2) is 11.5 Å². The summed E-state index contributed by atoms with van der Waals surface area (Å²) in [5.74, 6) is 0.720. The molecule has 0 aliphatic heterocycles. The summed E-state index contributed by atoms with van der Waals surface area (Å²) in [6, 6.07) is 22.2. The van der Waals surface area contributed by atoms with Crippen molar-refractivity contribution >= 4 is 12.1 Å². The molecule has 4 rings (SSSR count). The average Bonchev–Trinajstić information content (AvgIpc) is 3.37. The molecule has 0 unspecified atom stereocenters. The highest BCUT2D eigenvalue weighted by molar-refractivity contribution is 5.94. The highest BCUT2D eigenvalue weighted by Crippen LogP contribution is 2.26. The zero-order chi connectivity index (χ0) is 24.6. The van der Waals surface area contributed by atoms with Gasteiger partial charge in [-0.15, -0.1) is 0 Å². The molecule has 0 radical (unpaired) electrons. The molecular formula is C27H26N4O4. The van der Waals surface area contributed by atoms with Crippen molar-refractivity contribution in [2.24, 2.45) is 5.10 Å². The number of hydrogen-bond acceptors (Lipinski definition) is 6. The van der Waals surface area contributed by atoms with E-state index in [1.165, 1.54) is 17.8 Å². The van der Waals surface area contributed by atoms with Gasteiger partial charge in [-0.3, -0.25) is 9.89 Å². The van der Waals surface area contributed by atoms with Gasteiger partial charge in [0.1, 0.15) is 18.1 Å². The Hall–Kier alpha value is -4.59. The fraction of sp³-hybridized carbons (Fsp3) is 0.148. The highest BCUT2D eigenvalue weighted by Gasteiger charge is 2.11. The predicted octanol–water partition coefficient (Wildman–Crippen LogP) is 4.83. The van der Waals surface area contributed by atoms with Gasteiger partial charge in [0, 0.05) is 5.56 Å². The van der Waals surface area contributed by atoms with Gasteiger partial charge in [0.25, 0.3) is 5.91 Å². The lowest BCUT2D eigenvalue weighted by Gasteiger charge is -2.07. The molecular weight excluding hydrogens is 444 g/mol. The maximum absolute atomic E-state index is 12.4. The summed E-state index contributed by atoms with van der Waals surface area (Å²) >= 11 is 0. The second-order valence-corrected chi connectivity index (χ2v) is 7.82. The molecule has 0 atom stereocenters. The largest absolute Gasteiger partial charge is 0.504 e. The molecule has 4 aromatic rings. The molecule has 0 aliphatic rings. The van der Waals surface area contributed by atoms with Gasteiger partial charge in [0.2, 0.25) is 0 Å². The minimum absolute atomic E-state index is 0.0453. The normalized spacial score (nSPS) is 10.9. The summed E-state index contributed by atoms with van der Waals surface area (Å²) in [6.45, 7) is 4.80. The number of hydrazone groups is 1. The van der Waals surface area contributed by atoms with E-state index in [4.69, 9.17) is 9.47 Å². The molecule has 3 N–H and O–H groups in total. The molecule has 8 nitrogen and oxygen atoms in total. The summed E-state index contributed by atoms with van der Waals surface area (Å²) < 4.78 is 11.2. The first kappa shape index (κ1) is 23.6. The van der Waals surface area contributed by atoms with Crippen LogP contribution < -0.4 is 14.9 Å². The van der Waals surface area contributed by atoms with Gasteiger partial charge < -0.3 is 14.6 Å². The van der Waals surface area contributed by atoms with Crippen molar-refractivity contribution in [3.05, 3.63) is 95.2 Å². The molecule has 8 heteroatoms. The molecule has 0 saturated carbocycles. The molecule has 0 bridgehead atoms. The lowest BCUT2D eigenvalue weighted by Crippen LogP contribution is -2.18. The van der Waals surface area contributed by atoms with Gasteiger partial charge >= 0.3 is 0 Å². The van der Waals surface area contributed by atoms with Crippen LogP contribution in [-0.4, -0.2) is 34.0 Å². The van der Waals surface area contributed by atoms with Gasteiger partial charge in [-0.2, -0.15) is 10.2 Å². The molecule has 178 valence electrons. The summed E-state index contributed by atoms with van der Waals surface area (Å²) in [7, 11) is 0.